The lowest BCUT2D eigenvalue weighted by atomic mass is 9.96. The smallest absolute Gasteiger partial charge is 0.244 e. The molecule has 2 atom stereocenters. The largest absolute Gasteiger partial charge is 0.495 e. The van der Waals surface area contributed by atoms with Crippen LogP contribution in [0.2, 0.25) is 5.02 Å². The highest BCUT2D eigenvalue weighted by Crippen LogP contribution is 2.32. The maximum absolute atomic E-state index is 13.2. The number of amides is 1. The number of methoxy groups -OCH3 is 1. The summed E-state index contributed by atoms with van der Waals surface area (Å²) in [6.07, 6.45) is 1.37. The Morgan fingerprint density at radius 2 is 1.74 bits per heavy atom. The third kappa shape index (κ3) is 5.71. The molecule has 0 aliphatic heterocycles. The van der Waals surface area contributed by atoms with E-state index in [9.17, 15) is 13.2 Å². The van der Waals surface area contributed by atoms with Crippen LogP contribution in [-0.2, 0) is 14.8 Å². The van der Waals surface area contributed by atoms with Gasteiger partial charge in [0.05, 0.1) is 30.1 Å². The number of hydrogen-bond donors (Lipinski definition) is 1. The van der Waals surface area contributed by atoms with Crippen LogP contribution in [0.1, 0.15) is 48.6 Å². The highest BCUT2D eigenvalue weighted by molar-refractivity contribution is 7.92. The molecule has 0 spiro atoms. The second kappa shape index (κ2) is 9.92. The molecule has 0 unspecified atom stereocenters. The molecule has 0 bridgehead atoms. The number of nitrogens with zero attached hydrogens (tertiary/aromatic N) is 1. The van der Waals surface area contributed by atoms with Gasteiger partial charge >= 0.3 is 0 Å². The molecule has 1 amide bonds. The molecule has 2 aromatic carbocycles. The number of ether oxygens (including phenoxy) is 1. The number of carbonyl (C=O) groups excluding carboxylic acids is 1. The molecule has 2 aromatic rings. The summed E-state index contributed by atoms with van der Waals surface area (Å²) in [5.74, 6) is 0.0557. The number of hydrogen-bond acceptors (Lipinski definition) is 4. The minimum absolute atomic E-state index is 0.267. The molecule has 0 saturated carbocycles. The number of carbonyl (C=O) groups is 1. The number of aryl methyl sites for hydroxylation is 3. The lowest BCUT2D eigenvalue weighted by Gasteiger charge is -2.31. The van der Waals surface area contributed by atoms with Crippen molar-refractivity contribution in [3.8, 4) is 5.75 Å². The molecule has 0 aliphatic carbocycles. The van der Waals surface area contributed by atoms with Crippen LogP contribution in [0.3, 0.4) is 0 Å². The van der Waals surface area contributed by atoms with Crippen LogP contribution >= 0.6 is 11.6 Å². The van der Waals surface area contributed by atoms with E-state index in [4.69, 9.17) is 16.3 Å². The van der Waals surface area contributed by atoms with E-state index in [1.807, 2.05) is 27.7 Å². The van der Waals surface area contributed by atoms with Crippen LogP contribution in [0.5, 0.6) is 5.75 Å². The van der Waals surface area contributed by atoms with Gasteiger partial charge in [-0.15, -0.1) is 0 Å². The number of halogens is 1. The average molecular weight is 467 g/mol. The van der Waals surface area contributed by atoms with E-state index in [0.29, 0.717) is 17.9 Å². The van der Waals surface area contributed by atoms with Gasteiger partial charge in [-0.05, 0) is 74.6 Å². The fourth-order valence-electron chi connectivity index (χ4n) is 3.69. The van der Waals surface area contributed by atoms with Crippen LogP contribution in [0.15, 0.2) is 30.3 Å². The van der Waals surface area contributed by atoms with Gasteiger partial charge in [-0.3, -0.25) is 9.10 Å². The number of anilines is 1. The van der Waals surface area contributed by atoms with Gasteiger partial charge in [0.15, 0.2) is 0 Å². The van der Waals surface area contributed by atoms with Gasteiger partial charge in [0, 0.05) is 0 Å². The lowest BCUT2D eigenvalue weighted by Crippen LogP contribution is -2.49. The summed E-state index contributed by atoms with van der Waals surface area (Å²) in [5, 5.41) is 3.26. The average Bonchev–Trinajstić information content (AvgIpc) is 2.67. The lowest BCUT2D eigenvalue weighted by molar-refractivity contribution is -0.122. The van der Waals surface area contributed by atoms with Crippen molar-refractivity contribution in [1.82, 2.24) is 5.32 Å². The Morgan fingerprint density at radius 1 is 1.13 bits per heavy atom. The van der Waals surface area contributed by atoms with Crippen molar-refractivity contribution in [1.29, 1.82) is 0 Å². The molecule has 170 valence electrons. The van der Waals surface area contributed by atoms with E-state index in [1.54, 1.807) is 19.1 Å². The van der Waals surface area contributed by atoms with Gasteiger partial charge in [-0.25, -0.2) is 8.42 Å². The van der Waals surface area contributed by atoms with E-state index in [2.05, 4.69) is 17.4 Å². The summed E-state index contributed by atoms with van der Waals surface area (Å²) in [6, 6.07) is 7.62. The Morgan fingerprint density at radius 3 is 2.26 bits per heavy atom. The van der Waals surface area contributed by atoms with E-state index in [0.717, 1.165) is 27.3 Å². The van der Waals surface area contributed by atoms with Gasteiger partial charge in [0.1, 0.15) is 11.8 Å². The van der Waals surface area contributed by atoms with E-state index < -0.39 is 16.1 Å². The first-order chi connectivity index (χ1) is 14.4. The van der Waals surface area contributed by atoms with Crippen LogP contribution < -0.4 is 14.4 Å². The van der Waals surface area contributed by atoms with Crippen molar-refractivity contribution in [3.63, 3.8) is 0 Å². The minimum Gasteiger partial charge on any atom is -0.495 e. The molecule has 0 fully saturated rings. The fraction of sp³-hybridized carbons (Fsp3) is 0.435. The Bertz CT molecular complexity index is 1070. The summed E-state index contributed by atoms with van der Waals surface area (Å²) in [6.45, 7) is 9.76. The summed E-state index contributed by atoms with van der Waals surface area (Å²) < 4.78 is 31.6. The molecule has 1 N–H and O–H groups in total. The number of benzene rings is 2. The van der Waals surface area contributed by atoms with Crippen LogP contribution in [0.25, 0.3) is 0 Å². The second-order valence-electron chi connectivity index (χ2n) is 7.83. The van der Waals surface area contributed by atoms with Crippen molar-refractivity contribution in [2.45, 2.75) is 53.1 Å². The zero-order valence-corrected chi connectivity index (χ0v) is 20.7. The summed E-state index contributed by atoms with van der Waals surface area (Å²) in [5.41, 5.74) is 4.71. The molecular formula is C23H31ClN2O4S. The van der Waals surface area contributed by atoms with Crippen LogP contribution in [0, 0.1) is 20.8 Å². The zero-order valence-electron chi connectivity index (χ0n) is 19.1. The van der Waals surface area contributed by atoms with Gasteiger partial charge in [-0.2, -0.15) is 0 Å². The van der Waals surface area contributed by atoms with Crippen molar-refractivity contribution in [3.05, 3.63) is 57.6 Å². The quantitative estimate of drug-likeness (QED) is 0.612. The second-order valence-corrected chi connectivity index (χ2v) is 10.1. The Labute approximate surface area is 190 Å². The molecule has 0 radical (unpaired) electrons. The maximum atomic E-state index is 13.2. The van der Waals surface area contributed by atoms with Crippen molar-refractivity contribution in [2.24, 2.45) is 0 Å². The summed E-state index contributed by atoms with van der Waals surface area (Å²) >= 11 is 6.21. The Kier molecular flexibility index (Phi) is 8.00. The first-order valence-electron chi connectivity index (χ1n) is 10.1. The first kappa shape index (κ1) is 25.0. The molecule has 0 aromatic heterocycles. The number of rotatable bonds is 8. The van der Waals surface area contributed by atoms with E-state index >= 15 is 0 Å². The molecule has 31 heavy (non-hydrogen) atoms. The molecule has 8 heteroatoms. The molecular weight excluding hydrogens is 436 g/mol. The zero-order chi connectivity index (χ0) is 23.5. The Balaban J connectivity index is 2.39. The molecule has 6 nitrogen and oxygen atoms in total. The Hall–Kier alpha value is -2.25. The third-order valence-electron chi connectivity index (χ3n) is 5.43. The summed E-state index contributed by atoms with van der Waals surface area (Å²) in [7, 11) is -2.28. The monoisotopic (exact) mass is 466 g/mol. The maximum Gasteiger partial charge on any atom is 0.244 e. The van der Waals surface area contributed by atoms with Crippen LogP contribution in [-0.4, -0.2) is 33.7 Å². The predicted molar refractivity (Wildman–Crippen MR) is 127 cm³/mol. The minimum atomic E-state index is -3.76. The molecule has 0 saturated heterocycles. The van der Waals surface area contributed by atoms with Crippen molar-refractivity contribution >= 4 is 33.2 Å². The topological polar surface area (TPSA) is 75.7 Å². The SMILES string of the molecule is CC[C@H](C(=O)N[C@@H](C)c1cc(C)c(C)cc1C)N(c1ccc(OC)c(Cl)c1)S(C)(=O)=O. The summed E-state index contributed by atoms with van der Waals surface area (Å²) in [4.78, 5) is 13.2. The van der Waals surface area contributed by atoms with Crippen LogP contribution in [0.4, 0.5) is 5.69 Å². The highest BCUT2D eigenvalue weighted by Gasteiger charge is 2.32. The number of nitrogens with one attached hydrogen (secondary N) is 1. The third-order valence-corrected chi connectivity index (χ3v) is 6.90. The molecule has 0 aliphatic rings. The predicted octanol–water partition coefficient (Wildman–Crippen LogP) is 4.70. The van der Waals surface area contributed by atoms with Crippen molar-refractivity contribution in [2.75, 3.05) is 17.7 Å². The molecule has 2 rings (SSSR count). The van der Waals surface area contributed by atoms with Crippen molar-refractivity contribution < 1.29 is 17.9 Å². The van der Waals surface area contributed by atoms with Gasteiger partial charge in [0.2, 0.25) is 15.9 Å². The van der Waals surface area contributed by atoms with E-state index in [-0.39, 0.29) is 17.0 Å². The van der Waals surface area contributed by atoms with Gasteiger partial charge in [-0.1, -0.05) is 30.7 Å². The first-order valence-corrected chi connectivity index (χ1v) is 12.3. The van der Waals surface area contributed by atoms with Gasteiger partial charge in [0.25, 0.3) is 0 Å². The fourth-order valence-corrected chi connectivity index (χ4v) is 5.14. The number of sulfonamides is 1. The molecule has 0 heterocycles. The van der Waals surface area contributed by atoms with E-state index in [1.165, 1.54) is 18.7 Å². The highest BCUT2D eigenvalue weighted by atomic mass is 35.5. The van der Waals surface area contributed by atoms with Gasteiger partial charge < -0.3 is 10.1 Å². The standard InChI is InChI=1S/C23H31ClN2O4S/c1-8-21(23(27)25-17(5)19-12-15(3)14(2)11-16(19)4)26(31(7,28)29)18-9-10-22(30-6)20(24)13-18/h9-13,17,21H,8H2,1-7H3,(H,25,27)/t17-,21+/m0/s1. The normalized spacial score (nSPS) is 13.4.